The molecule has 0 aromatic rings. The topological polar surface area (TPSA) is 0 Å². The highest BCUT2D eigenvalue weighted by molar-refractivity contribution is 4.97. The van der Waals surface area contributed by atoms with Crippen LogP contribution in [-0.4, -0.2) is 6.43 Å². The Bertz CT molecular complexity index is 101. The lowest BCUT2D eigenvalue weighted by atomic mass is 10.1. The monoisotopic (exact) mass is 120 g/mol. The van der Waals surface area contributed by atoms with Crippen molar-refractivity contribution in [1.82, 2.24) is 0 Å². The fraction of sp³-hybridized carbons (Fsp3) is 1.00. The highest BCUT2D eigenvalue weighted by Gasteiger charge is 2.53. The Kier molecular flexibility index (Phi) is 1.07. The summed E-state index contributed by atoms with van der Waals surface area (Å²) in [6.45, 7) is 3.51. The van der Waals surface area contributed by atoms with E-state index < -0.39 is 11.8 Å². The van der Waals surface area contributed by atoms with Gasteiger partial charge in [0.25, 0.3) is 0 Å². The van der Waals surface area contributed by atoms with Gasteiger partial charge in [-0.3, -0.25) is 0 Å². The lowest BCUT2D eigenvalue weighted by molar-refractivity contribution is 0.0640. The molecule has 1 unspecified atom stereocenters. The van der Waals surface area contributed by atoms with E-state index in [0.717, 1.165) is 0 Å². The van der Waals surface area contributed by atoms with Crippen LogP contribution in [0.1, 0.15) is 20.3 Å². The molecule has 1 saturated carbocycles. The second kappa shape index (κ2) is 1.42. The fourth-order valence-electron chi connectivity index (χ4n) is 0.905. The van der Waals surface area contributed by atoms with Gasteiger partial charge in [0.1, 0.15) is 0 Å². The van der Waals surface area contributed by atoms with Gasteiger partial charge in [-0.25, -0.2) is 8.78 Å². The van der Waals surface area contributed by atoms with Gasteiger partial charge in [-0.1, -0.05) is 13.8 Å². The number of alkyl halides is 2. The molecule has 0 bridgehead atoms. The van der Waals surface area contributed by atoms with Crippen molar-refractivity contribution in [1.29, 1.82) is 0 Å². The van der Waals surface area contributed by atoms with Crippen LogP contribution in [0.15, 0.2) is 0 Å². The molecule has 0 aliphatic heterocycles. The SMILES string of the molecule is C[C@@H]1CC1(C)C(F)F. The molecule has 1 aliphatic rings. The van der Waals surface area contributed by atoms with Crippen LogP contribution in [0.5, 0.6) is 0 Å². The summed E-state index contributed by atoms with van der Waals surface area (Å²) in [6, 6.07) is 0. The van der Waals surface area contributed by atoms with Crippen LogP contribution >= 0.6 is 0 Å². The van der Waals surface area contributed by atoms with Crippen molar-refractivity contribution in [2.45, 2.75) is 26.7 Å². The lowest BCUT2D eigenvalue weighted by Gasteiger charge is -2.05. The molecule has 0 amide bonds. The van der Waals surface area contributed by atoms with E-state index in [1.165, 1.54) is 0 Å². The van der Waals surface area contributed by atoms with Gasteiger partial charge in [0.05, 0.1) is 0 Å². The molecule has 2 atom stereocenters. The van der Waals surface area contributed by atoms with Crippen LogP contribution in [0.3, 0.4) is 0 Å². The summed E-state index contributed by atoms with van der Waals surface area (Å²) >= 11 is 0. The maximum atomic E-state index is 11.9. The standard InChI is InChI=1S/C6H10F2/c1-4-3-6(4,2)5(7)8/h4-5H,3H2,1-2H3/t4-,6?/m1/s1. The molecule has 0 heterocycles. The Hall–Kier alpha value is -0.140. The zero-order valence-corrected chi connectivity index (χ0v) is 5.12. The number of hydrogen-bond acceptors (Lipinski definition) is 0. The first kappa shape index (κ1) is 5.99. The molecule has 8 heavy (non-hydrogen) atoms. The summed E-state index contributed by atoms with van der Waals surface area (Å²) in [5.74, 6) is 0.238. The van der Waals surface area contributed by atoms with Gasteiger partial charge in [0.15, 0.2) is 0 Å². The molecule has 0 aromatic heterocycles. The van der Waals surface area contributed by atoms with E-state index in [0.29, 0.717) is 6.42 Å². The van der Waals surface area contributed by atoms with Crippen molar-refractivity contribution in [2.75, 3.05) is 0 Å². The van der Waals surface area contributed by atoms with Gasteiger partial charge in [-0.2, -0.15) is 0 Å². The quantitative estimate of drug-likeness (QED) is 0.498. The summed E-state index contributed by atoms with van der Waals surface area (Å²) < 4.78 is 23.7. The average Bonchev–Trinajstić information content (AvgIpc) is 2.17. The third-order valence-electron chi connectivity index (χ3n) is 2.21. The molecule has 1 fully saturated rings. The molecule has 0 aromatic carbocycles. The second-order valence-electron chi connectivity index (χ2n) is 2.91. The highest BCUT2D eigenvalue weighted by Crippen LogP contribution is 2.55. The van der Waals surface area contributed by atoms with Gasteiger partial charge in [-0.05, 0) is 12.3 Å². The van der Waals surface area contributed by atoms with E-state index in [2.05, 4.69) is 0 Å². The fourth-order valence-corrected chi connectivity index (χ4v) is 0.905. The van der Waals surface area contributed by atoms with E-state index in [1.807, 2.05) is 6.92 Å². The van der Waals surface area contributed by atoms with E-state index in [9.17, 15) is 8.78 Å². The van der Waals surface area contributed by atoms with E-state index in [-0.39, 0.29) is 5.92 Å². The normalized spacial score (nSPS) is 45.4. The largest absolute Gasteiger partial charge is 0.244 e. The Morgan fingerprint density at radius 1 is 1.62 bits per heavy atom. The smallest absolute Gasteiger partial charge is 0.210 e. The maximum Gasteiger partial charge on any atom is 0.244 e. The summed E-state index contributed by atoms with van der Waals surface area (Å²) in [7, 11) is 0. The van der Waals surface area contributed by atoms with Crippen LogP contribution in [0.4, 0.5) is 8.78 Å². The zero-order valence-electron chi connectivity index (χ0n) is 5.12. The first-order valence-corrected chi connectivity index (χ1v) is 2.85. The van der Waals surface area contributed by atoms with Crippen molar-refractivity contribution >= 4 is 0 Å². The summed E-state index contributed by atoms with van der Waals surface area (Å²) in [4.78, 5) is 0. The Balaban J connectivity index is 2.47. The minimum Gasteiger partial charge on any atom is -0.210 e. The van der Waals surface area contributed by atoms with Crippen molar-refractivity contribution < 1.29 is 8.78 Å². The number of halogens is 2. The van der Waals surface area contributed by atoms with Crippen molar-refractivity contribution in [3.63, 3.8) is 0 Å². The Morgan fingerprint density at radius 2 is 2.00 bits per heavy atom. The van der Waals surface area contributed by atoms with Gasteiger partial charge < -0.3 is 0 Å². The molecular formula is C6H10F2. The highest BCUT2D eigenvalue weighted by atomic mass is 19.3. The average molecular weight is 120 g/mol. The Morgan fingerprint density at radius 3 is 2.00 bits per heavy atom. The molecule has 0 nitrogen and oxygen atoms in total. The van der Waals surface area contributed by atoms with Crippen molar-refractivity contribution in [2.24, 2.45) is 11.3 Å². The van der Waals surface area contributed by atoms with E-state index in [1.54, 1.807) is 6.92 Å². The van der Waals surface area contributed by atoms with Crippen LogP contribution in [0, 0.1) is 11.3 Å². The van der Waals surface area contributed by atoms with Crippen molar-refractivity contribution in [3.05, 3.63) is 0 Å². The van der Waals surface area contributed by atoms with Gasteiger partial charge in [0.2, 0.25) is 6.43 Å². The minimum absolute atomic E-state index is 0.238. The van der Waals surface area contributed by atoms with Crippen molar-refractivity contribution in [3.8, 4) is 0 Å². The lowest BCUT2D eigenvalue weighted by Crippen LogP contribution is -2.08. The van der Waals surface area contributed by atoms with E-state index >= 15 is 0 Å². The third kappa shape index (κ3) is 0.627. The molecule has 48 valence electrons. The van der Waals surface area contributed by atoms with Crippen LogP contribution in [0.2, 0.25) is 0 Å². The third-order valence-corrected chi connectivity index (χ3v) is 2.21. The predicted octanol–water partition coefficient (Wildman–Crippen LogP) is 2.30. The number of rotatable bonds is 1. The second-order valence-corrected chi connectivity index (χ2v) is 2.91. The van der Waals surface area contributed by atoms with Gasteiger partial charge in [0, 0.05) is 5.41 Å². The predicted molar refractivity (Wildman–Crippen MR) is 27.9 cm³/mol. The maximum absolute atomic E-state index is 11.9. The molecule has 0 N–H and O–H groups in total. The molecule has 1 aliphatic carbocycles. The van der Waals surface area contributed by atoms with Gasteiger partial charge >= 0.3 is 0 Å². The summed E-state index contributed by atoms with van der Waals surface area (Å²) in [5, 5.41) is 0. The Labute approximate surface area is 47.9 Å². The van der Waals surface area contributed by atoms with Crippen LogP contribution in [-0.2, 0) is 0 Å². The molecule has 0 spiro atoms. The van der Waals surface area contributed by atoms with Crippen LogP contribution < -0.4 is 0 Å². The zero-order chi connectivity index (χ0) is 6.36. The van der Waals surface area contributed by atoms with E-state index in [4.69, 9.17) is 0 Å². The summed E-state index contributed by atoms with van der Waals surface area (Å²) in [6.07, 6.45) is -1.41. The first-order chi connectivity index (χ1) is 3.57. The van der Waals surface area contributed by atoms with Gasteiger partial charge in [-0.15, -0.1) is 0 Å². The minimum atomic E-state index is -2.11. The molecular weight excluding hydrogens is 110 g/mol. The first-order valence-electron chi connectivity index (χ1n) is 2.85. The van der Waals surface area contributed by atoms with Crippen LogP contribution in [0.25, 0.3) is 0 Å². The summed E-state index contributed by atoms with van der Waals surface area (Å²) in [5.41, 5.74) is -0.625. The molecule has 2 heteroatoms. The number of hydrogen-bond donors (Lipinski definition) is 0. The molecule has 0 saturated heterocycles. The molecule has 0 radical (unpaired) electrons. The molecule has 1 rings (SSSR count).